The smallest absolute Gasteiger partial charge is 0.273 e. The van der Waals surface area contributed by atoms with Crippen LogP contribution in [0.15, 0.2) is 54.2 Å². The zero-order valence-electron chi connectivity index (χ0n) is 15.6. The number of nitrogens with two attached hydrogens (primary N) is 1. The summed E-state index contributed by atoms with van der Waals surface area (Å²) < 4.78 is 5.05. The molecule has 2 amide bonds. The molecule has 0 aromatic heterocycles. The average molecular weight is 395 g/mol. The third kappa shape index (κ3) is 5.08. The summed E-state index contributed by atoms with van der Waals surface area (Å²) in [5.41, 5.74) is 6.09. The van der Waals surface area contributed by atoms with Gasteiger partial charge < -0.3 is 15.8 Å². The molecule has 10 heteroatoms. The van der Waals surface area contributed by atoms with Gasteiger partial charge in [0.1, 0.15) is 17.4 Å². The Balaban J connectivity index is 2.34. The number of carbonyl (C=O) groups is 2. The average Bonchev–Trinajstić information content (AvgIpc) is 2.69. The minimum absolute atomic E-state index is 0.0480. The molecule has 0 spiro atoms. The summed E-state index contributed by atoms with van der Waals surface area (Å²) >= 11 is 0. The minimum atomic E-state index is -0.818. The molecule has 148 valence electrons. The van der Waals surface area contributed by atoms with Crippen LogP contribution in [0.2, 0.25) is 0 Å². The maximum absolute atomic E-state index is 12.5. The lowest BCUT2D eigenvalue weighted by Gasteiger charge is -2.17. The predicted octanol–water partition coefficient (Wildman–Crippen LogP) is 2.58. The lowest BCUT2D eigenvalue weighted by atomic mass is 10.2. The van der Waals surface area contributed by atoms with E-state index >= 15 is 0 Å². The predicted molar refractivity (Wildman–Crippen MR) is 106 cm³/mol. The number of nitro groups is 1. The van der Waals surface area contributed by atoms with Crippen LogP contribution in [0.3, 0.4) is 0 Å². The van der Waals surface area contributed by atoms with Crippen LogP contribution in [0.1, 0.15) is 6.92 Å². The molecule has 10 nitrogen and oxygen atoms in total. The summed E-state index contributed by atoms with van der Waals surface area (Å²) in [4.78, 5) is 35.9. The normalized spacial score (nSPS) is 10.6. The molecule has 0 aliphatic carbocycles. The molecular weight excluding hydrogens is 378 g/mol. The van der Waals surface area contributed by atoms with Gasteiger partial charge in [-0.2, -0.15) is 5.26 Å². The summed E-state index contributed by atoms with van der Waals surface area (Å²) in [7, 11) is 1.29. The standard InChI is InChI=1S/C19H17N5O5/c1-12(25)23(15-5-3-14(21)4-6-15)11-13(10-20)19(26)22-17-8-7-16(24(27)28)9-18(17)29-2/h3-9,11H,21H2,1-2H3,(H,22,26)/b13-11-. The van der Waals surface area contributed by atoms with Gasteiger partial charge in [-0.15, -0.1) is 0 Å². The van der Waals surface area contributed by atoms with Crippen molar-refractivity contribution in [1.29, 1.82) is 5.26 Å². The first kappa shape index (κ1) is 20.9. The first-order valence-corrected chi connectivity index (χ1v) is 8.18. The number of methoxy groups -OCH3 is 1. The monoisotopic (exact) mass is 395 g/mol. The van der Waals surface area contributed by atoms with Gasteiger partial charge in [-0.25, -0.2) is 0 Å². The minimum Gasteiger partial charge on any atom is -0.494 e. The van der Waals surface area contributed by atoms with E-state index in [1.54, 1.807) is 30.3 Å². The van der Waals surface area contributed by atoms with Gasteiger partial charge in [0.2, 0.25) is 5.91 Å². The molecular formula is C19H17N5O5. The number of nitrogens with zero attached hydrogens (tertiary/aromatic N) is 3. The summed E-state index contributed by atoms with van der Waals surface area (Å²) in [5, 5.41) is 22.7. The number of ether oxygens (including phenoxy) is 1. The fourth-order valence-electron chi connectivity index (χ4n) is 2.34. The Labute approximate surface area is 165 Å². The Bertz CT molecular complexity index is 1020. The SMILES string of the molecule is COc1cc([N+](=O)[O-])ccc1NC(=O)/C(C#N)=C\N(C(C)=O)c1ccc(N)cc1. The molecule has 0 heterocycles. The zero-order chi connectivity index (χ0) is 21.6. The number of nitriles is 1. The van der Waals surface area contributed by atoms with E-state index in [0.29, 0.717) is 11.4 Å². The highest BCUT2D eigenvalue weighted by Crippen LogP contribution is 2.29. The molecule has 0 radical (unpaired) electrons. The van der Waals surface area contributed by atoms with Gasteiger partial charge >= 0.3 is 0 Å². The van der Waals surface area contributed by atoms with Crippen molar-refractivity contribution in [2.24, 2.45) is 0 Å². The largest absolute Gasteiger partial charge is 0.494 e. The van der Waals surface area contributed by atoms with Gasteiger partial charge in [0.15, 0.2) is 0 Å². The second-order valence-electron chi connectivity index (χ2n) is 5.73. The number of hydrogen-bond donors (Lipinski definition) is 2. The number of benzene rings is 2. The van der Waals surface area contributed by atoms with Crippen molar-refractivity contribution in [3.8, 4) is 11.8 Å². The van der Waals surface area contributed by atoms with Crippen molar-refractivity contribution in [2.45, 2.75) is 6.92 Å². The van der Waals surface area contributed by atoms with Crippen LogP contribution in [0, 0.1) is 21.4 Å². The maximum Gasteiger partial charge on any atom is 0.273 e. The van der Waals surface area contributed by atoms with E-state index in [9.17, 15) is 25.0 Å². The summed E-state index contributed by atoms with van der Waals surface area (Å²) in [6.07, 6.45) is 1.10. The van der Waals surface area contributed by atoms with Crippen molar-refractivity contribution in [1.82, 2.24) is 0 Å². The van der Waals surface area contributed by atoms with Gasteiger partial charge in [0.05, 0.1) is 23.8 Å². The van der Waals surface area contributed by atoms with Gasteiger partial charge in [-0.05, 0) is 30.3 Å². The number of anilines is 3. The Kier molecular flexibility index (Phi) is 6.50. The Morgan fingerprint density at radius 3 is 2.45 bits per heavy atom. The number of amides is 2. The Morgan fingerprint density at radius 1 is 1.28 bits per heavy atom. The summed E-state index contributed by atoms with van der Waals surface area (Å²) in [6, 6.07) is 11.6. The molecule has 3 N–H and O–H groups in total. The van der Waals surface area contributed by atoms with Crippen LogP contribution in [-0.2, 0) is 9.59 Å². The van der Waals surface area contributed by atoms with Crippen molar-refractivity contribution in [3.05, 3.63) is 64.4 Å². The van der Waals surface area contributed by atoms with Crippen molar-refractivity contribution >= 4 is 34.6 Å². The van der Waals surface area contributed by atoms with Crippen LogP contribution < -0.4 is 20.7 Å². The number of nitrogen functional groups attached to an aromatic ring is 1. The van der Waals surface area contributed by atoms with Crippen molar-refractivity contribution < 1.29 is 19.2 Å². The first-order valence-electron chi connectivity index (χ1n) is 8.18. The first-order chi connectivity index (χ1) is 13.8. The van der Waals surface area contributed by atoms with Crippen LogP contribution >= 0.6 is 0 Å². The van der Waals surface area contributed by atoms with Crippen molar-refractivity contribution in [3.63, 3.8) is 0 Å². The highest BCUT2D eigenvalue weighted by Gasteiger charge is 2.18. The molecule has 2 aromatic carbocycles. The van der Waals surface area contributed by atoms with E-state index in [1.165, 1.54) is 26.2 Å². The third-order valence-electron chi connectivity index (χ3n) is 3.78. The lowest BCUT2D eigenvalue weighted by molar-refractivity contribution is -0.384. The van der Waals surface area contributed by atoms with Crippen LogP contribution in [0.4, 0.5) is 22.7 Å². The fourth-order valence-corrected chi connectivity index (χ4v) is 2.34. The van der Waals surface area contributed by atoms with E-state index in [1.807, 2.05) is 0 Å². The van der Waals surface area contributed by atoms with Gasteiger partial charge in [-0.1, -0.05) is 0 Å². The third-order valence-corrected chi connectivity index (χ3v) is 3.78. The number of nitro benzene ring substituents is 1. The molecule has 0 aliphatic heterocycles. The number of nitrogens with one attached hydrogen (secondary N) is 1. The van der Waals surface area contributed by atoms with Crippen LogP contribution in [0.5, 0.6) is 5.75 Å². The van der Waals surface area contributed by atoms with E-state index in [2.05, 4.69) is 5.32 Å². The molecule has 0 saturated heterocycles. The highest BCUT2D eigenvalue weighted by atomic mass is 16.6. The zero-order valence-corrected chi connectivity index (χ0v) is 15.6. The molecule has 0 aliphatic rings. The quantitative estimate of drug-likeness (QED) is 0.251. The molecule has 0 saturated carbocycles. The number of hydrogen-bond acceptors (Lipinski definition) is 7. The molecule has 0 bridgehead atoms. The lowest BCUT2D eigenvalue weighted by Crippen LogP contribution is -2.25. The molecule has 0 fully saturated rings. The fraction of sp³-hybridized carbons (Fsp3) is 0.105. The molecule has 29 heavy (non-hydrogen) atoms. The number of carbonyl (C=O) groups excluding carboxylic acids is 2. The van der Waals surface area contributed by atoms with Gasteiger partial charge in [-0.3, -0.25) is 24.6 Å². The molecule has 2 rings (SSSR count). The van der Waals surface area contributed by atoms with E-state index in [4.69, 9.17) is 10.5 Å². The maximum atomic E-state index is 12.5. The summed E-state index contributed by atoms with van der Waals surface area (Å²) in [5.74, 6) is -1.20. The highest BCUT2D eigenvalue weighted by molar-refractivity contribution is 6.08. The number of rotatable bonds is 6. The van der Waals surface area contributed by atoms with Gasteiger partial charge in [0, 0.05) is 30.6 Å². The number of non-ortho nitro benzene ring substituents is 1. The topological polar surface area (TPSA) is 152 Å². The van der Waals surface area contributed by atoms with E-state index in [-0.39, 0.29) is 22.7 Å². The Morgan fingerprint density at radius 2 is 1.93 bits per heavy atom. The second-order valence-corrected chi connectivity index (χ2v) is 5.73. The molecule has 0 unspecified atom stereocenters. The Hall–Kier alpha value is -4.39. The second kappa shape index (κ2) is 9.01. The van der Waals surface area contributed by atoms with Gasteiger partial charge in [0.25, 0.3) is 11.6 Å². The summed E-state index contributed by atoms with van der Waals surface area (Å²) in [6.45, 7) is 1.28. The van der Waals surface area contributed by atoms with E-state index < -0.39 is 16.7 Å². The van der Waals surface area contributed by atoms with Crippen molar-refractivity contribution in [2.75, 3.05) is 23.1 Å². The molecule has 0 atom stereocenters. The molecule has 2 aromatic rings. The van der Waals surface area contributed by atoms with Crippen LogP contribution in [-0.4, -0.2) is 23.8 Å². The van der Waals surface area contributed by atoms with E-state index in [0.717, 1.165) is 17.2 Å². The van der Waals surface area contributed by atoms with Crippen LogP contribution in [0.25, 0.3) is 0 Å².